The molecule has 1 atom stereocenters. The Balaban J connectivity index is 3.02. The van der Waals surface area contributed by atoms with E-state index in [2.05, 4.69) is 0 Å². The van der Waals surface area contributed by atoms with Gasteiger partial charge in [-0.15, -0.1) is 0 Å². The van der Waals surface area contributed by atoms with E-state index < -0.39 is 17.2 Å². The molecule has 0 aromatic carbocycles. The number of piperidine rings is 1. The van der Waals surface area contributed by atoms with Crippen LogP contribution in [0, 0.1) is 16.7 Å². The van der Waals surface area contributed by atoms with Crippen molar-refractivity contribution in [3.63, 3.8) is 0 Å². The van der Waals surface area contributed by atoms with Gasteiger partial charge in [0.05, 0.1) is 6.07 Å². The number of rotatable bonds is 1. The SMILES string of the molecule is CN1CCC(=O)C(C#N)(C(=O)O)C1. The molecule has 5 nitrogen and oxygen atoms in total. The van der Waals surface area contributed by atoms with Gasteiger partial charge in [0.1, 0.15) is 0 Å². The van der Waals surface area contributed by atoms with Crippen LogP contribution in [-0.2, 0) is 9.59 Å². The summed E-state index contributed by atoms with van der Waals surface area (Å²) in [6.45, 7) is 0.507. The Kier molecular flexibility index (Phi) is 2.34. The van der Waals surface area contributed by atoms with Crippen LogP contribution in [0.2, 0.25) is 0 Å². The molecule has 0 aromatic heterocycles. The molecule has 1 N–H and O–H groups in total. The number of carbonyl (C=O) groups excluding carboxylic acids is 1. The Bertz CT molecular complexity index is 294. The number of nitrogens with zero attached hydrogens (tertiary/aromatic N) is 2. The van der Waals surface area contributed by atoms with Crippen LogP contribution < -0.4 is 0 Å². The highest BCUT2D eigenvalue weighted by Gasteiger charge is 2.49. The van der Waals surface area contributed by atoms with Gasteiger partial charge in [-0.3, -0.25) is 4.79 Å². The number of ketones is 1. The average molecular weight is 182 g/mol. The second kappa shape index (κ2) is 3.15. The van der Waals surface area contributed by atoms with Crippen molar-refractivity contribution in [2.24, 2.45) is 5.41 Å². The molecular formula is C8H10N2O3. The third-order valence-electron chi connectivity index (χ3n) is 2.26. The summed E-state index contributed by atoms with van der Waals surface area (Å²) in [4.78, 5) is 23.8. The third-order valence-corrected chi connectivity index (χ3v) is 2.26. The molecule has 0 spiro atoms. The van der Waals surface area contributed by atoms with E-state index in [9.17, 15) is 9.59 Å². The number of likely N-dealkylation sites (tertiary alicyclic amines) is 1. The van der Waals surface area contributed by atoms with Crippen molar-refractivity contribution >= 4 is 11.8 Å². The van der Waals surface area contributed by atoms with Crippen LogP contribution in [0.25, 0.3) is 0 Å². The topological polar surface area (TPSA) is 81.4 Å². The summed E-state index contributed by atoms with van der Waals surface area (Å²) in [5, 5.41) is 17.5. The minimum absolute atomic E-state index is 0.0162. The fourth-order valence-electron chi connectivity index (χ4n) is 1.41. The van der Waals surface area contributed by atoms with Crippen molar-refractivity contribution in [1.82, 2.24) is 4.90 Å². The number of carbonyl (C=O) groups is 2. The van der Waals surface area contributed by atoms with E-state index >= 15 is 0 Å². The van der Waals surface area contributed by atoms with Gasteiger partial charge in [0, 0.05) is 19.5 Å². The average Bonchev–Trinajstić information content (AvgIpc) is 2.09. The van der Waals surface area contributed by atoms with Gasteiger partial charge < -0.3 is 10.0 Å². The highest BCUT2D eigenvalue weighted by Crippen LogP contribution is 2.25. The van der Waals surface area contributed by atoms with E-state index in [0.29, 0.717) is 6.54 Å². The predicted octanol–water partition coefficient (Wildman–Crippen LogP) is -0.514. The van der Waals surface area contributed by atoms with Crippen LogP contribution >= 0.6 is 0 Å². The molecule has 0 radical (unpaired) electrons. The monoisotopic (exact) mass is 182 g/mol. The quantitative estimate of drug-likeness (QED) is 0.552. The lowest BCUT2D eigenvalue weighted by Gasteiger charge is -2.31. The first-order chi connectivity index (χ1) is 6.03. The van der Waals surface area contributed by atoms with Gasteiger partial charge in [-0.05, 0) is 7.05 Å². The zero-order valence-electron chi connectivity index (χ0n) is 7.28. The standard InChI is InChI=1S/C8H10N2O3/c1-10-3-2-6(11)8(4-9,5-10)7(12)13/h2-3,5H2,1H3,(H,12,13). The van der Waals surface area contributed by atoms with Gasteiger partial charge in [0.25, 0.3) is 0 Å². The molecule has 0 saturated carbocycles. The van der Waals surface area contributed by atoms with E-state index in [1.54, 1.807) is 18.0 Å². The first-order valence-corrected chi connectivity index (χ1v) is 3.89. The van der Waals surface area contributed by atoms with Crippen LogP contribution in [0.15, 0.2) is 0 Å². The highest BCUT2D eigenvalue weighted by molar-refractivity contribution is 6.06. The molecule has 0 bridgehead atoms. The molecule has 70 valence electrons. The smallest absolute Gasteiger partial charge is 0.333 e. The molecule has 13 heavy (non-hydrogen) atoms. The van der Waals surface area contributed by atoms with Crippen molar-refractivity contribution in [2.75, 3.05) is 20.1 Å². The minimum atomic E-state index is -1.84. The van der Waals surface area contributed by atoms with Crippen LogP contribution in [0.1, 0.15) is 6.42 Å². The van der Waals surface area contributed by atoms with Gasteiger partial charge in [-0.25, -0.2) is 4.79 Å². The Labute approximate surface area is 75.6 Å². The lowest BCUT2D eigenvalue weighted by molar-refractivity contribution is -0.153. The molecule has 0 amide bonds. The molecule has 1 aliphatic rings. The van der Waals surface area contributed by atoms with Crippen molar-refractivity contribution < 1.29 is 14.7 Å². The number of carboxylic acid groups (broad SMARTS) is 1. The van der Waals surface area contributed by atoms with Crippen molar-refractivity contribution in [3.8, 4) is 6.07 Å². The molecule has 1 saturated heterocycles. The van der Waals surface area contributed by atoms with Gasteiger partial charge in [-0.1, -0.05) is 0 Å². The van der Waals surface area contributed by atoms with Crippen molar-refractivity contribution in [1.29, 1.82) is 5.26 Å². The number of hydrogen-bond acceptors (Lipinski definition) is 4. The maximum atomic E-state index is 11.3. The summed E-state index contributed by atoms with van der Waals surface area (Å²) in [6, 6.07) is 1.61. The summed E-state index contributed by atoms with van der Waals surface area (Å²) >= 11 is 0. The highest BCUT2D eigenvalue weighted by atomic mass is 16.4. The summed E-state index contributed by atoms with van der Waals surface area (Å²) in [5.74, 6) is -1.83. The Morgan fingerprint density at radius 1 is 1.77 bits per heavy atom. The molecule has 1 aliphatic heterocycles. The van der Waals surface area contributed by atoms with Crippen molar-refractivity contribution in [3.05, 3.63) is 0 Å². The zero-order valence-corrected chi connectivity index (χ0v) is 7.28. The third kappa shape index (κ3) is 1.40. The van der Waals surface area contributed by atoms with Crippen LogP contribution in [-0.4, -0.2) is 41.9 Å². The second-order valence-electron chi connectivity index (χ2n) is 3.23. The maximum absolute atomic E-state index is 11.3. The number of hydrogen-bond donors (Lipinski definition) is 1. The minimum Gasteiger partial charge on any atom is -0.480 e. The van der Waals surface area contributed by atoms with E-state index in [0.717, 1.165) is 0 Å². The van der Waals surface area contributed by atoms with Gasteiger partial charge in [0.2, 0.25) is 5.41 Å². The van der Waals surface area contributed by atoms with E-state index in [1.165, 1.54) is 0 Å². The van der Waals surface area contributed by atoms with Crippen LogP contribution in [0.3, 0.4) is 0 Å². The number of Topliss-reactive ketones (excluding diaryl/α,β-unsaturated/α-hetero) is 1. The summed E-state index contributed by atoms with van der Waals surface area (Å²) in [5.41, 5.74) is -1.84. The Morgan fingerprint density at radius 3 is 2.77 bits per heavy atom. The van der Waals surface area contributed by atoms with Crippen LogP contribution in [0.5, 0.6) is 0 Å². The lowest BCUT2D eigenvalue weighted by Crippen LogP contribution is -2.51. The molecule has 1 unspecified atom stereocenters. The molecule has 0 aromatic rings. The summed E-state index contributed by atoms with van der Waals surface area (Å²) in [6.07, 6.45) is 0.135. The Morgan fingerprint density at radius 2 is 2.38 bits per heavy atom. The largest absolute Gasteiger partial charge is 0.480 e. The first kappa shape index (κ1) is 9.68. The van der Waals surface area contributed by atoms with Gasteiger partial charge in [-0.2, -0.15) is 5.26 Å². The van der Waals surface area contributed by atoms with Crippen LogP contribution in [0.4, 0.5) is 0 Å². The van der Waals surface area contributed by atoms with E-state index in [-0.39, 0.29) is 13.0 Å². The lowest BCUT2D eigenvalue weighted by atomic mass is 9.80. The maximum Gasteiger partial charge on any atom is 0.333 e. The second-order valence-corrected chi connectivity index (χ2v) is 3.23. The summed E-state index contributed by atoms with van der Waals surface area (Å²) < 4.78 is 0. The molecule has 5 heteroatoms. The summed E-state index contributed by atoms with van der Waals surface area (Å²) in [7, 11) is 1.70. The fraction of sp³-hybridized carbons (Fsp3) is 0.625. The predicted molar refractivity (Wildman–Crippen MR) is 42.8 cm³/mol. The van der Waals surface area contributed by atoms with Gasteiger partial charge in [0.15, 0.2) is 5.78 Å². The molecule has 1 fully saturated rings. The normalized spacial score (nSPS) is 29.7. The fourth-order valence-corrected chi connectivity index (χ4v) is 1.41. The van der Waals surface area contributed by atoms with Crippen molar-refractivity contribution in [2.45, 2.75) is 6.42 Å². The number of carboxylic acids is 1. The number of nitriles is 1. The molecular weight excluding hydrogens is 172 g/mol. The number of aliphatic carboxylic acids is 1. The molecule has 1 heterocycles. The van der Waals surface area contributed by atoms with Gasteiger partial charge >= 0.3 is 5.97 Å². The Hall–Kier alpha value is -1.41. The van der Waals surface area contributed by atoms with E-state index in [1.807, 2.05) is 0 Å². The zero-order chi connectivity index (χ0) is 10.1. The molecule has 1 rings (SSSR count). The van der Waals surface area contributed by atoms with E-state index in [4.69, 9.17) is 10.4 Å². The molecule has 0 aliphatic carbocycles. The first-order valence-electron chi connectivity index (χ1n) is 3.89.